The summed E-state index contributed by atoms with van der Waals surface area (Å²) in [5.41, 5.74) is 2.73. The largest absolute Gasteiger partial charge is 0.344 e. The Morgan fingerprint density at radius 3 is 2.44 bits per heavy atom. The molecule has 146 valence electrons. The summed E-state index contributed by atoms with van der Waals surface area (Å²) < 4.78 is 0. The first kappa shape index (κ1) is 19.4. The van der Waals surface area contributed by atoms with Gasteiger partial charge in [0.1, 0.15) is 5.54 Å². The summed E-state index contributed by atoms with van der Waals surface area (Å²) in [6.45, 7) is 4.17. The predicted molar refractivity (Wildman–Crippen MR) is 101 cm³/mol. The molecule has 0 bridgehead atoms. The van der Waals surface area contributed by atoms with Crippen molar-refractivity contribution >= 4 is 17.8 Å². The van der Waals surface area contributed by atoms with Crippen LogP contribution in [0.4, 0.5) is 4.79 Å². The molecule has 1 aliphatic heterocycles. The smallest absolute Gasteiger partial charge is 0.322 e. The van der Waals surface area contributed by atoms with E-state index in [-0.39, 0.29) is 24.4 Å². The van der Waals surface area contributed by atoms with Crippen LogP contribution in [0.2, 0.25) is 0 Å². The first-order valence-corrected chi connectivity index (χ1v) is 9.67. The predicted octanol–water partition coefficient (Wildman–Crippen LogP) is 2.26. The number of amides is 4. The normalized spacial score (nSPS) is 20.0. The van der Waals surface area contributed by atoms with E-state index in [4.69, 9.17) is 0 Å². The van der Waals surface area contributed by atoms with Crippen molar-refractivity contribution in [3.8, 4) is 0 Å². The number of benzene rings is 1. The zero-order chi connectivity index (χ0) is 19.4. The third-order valence-corrected chi connectivity index (χ3v) is 5.41. The van der Waals surface area contributed by atoms with E-state index in [9.17, 15) is 14.4 Å². The molecule has 1 saturated carbocycles. The minimum atomic E-state index is -0.833. The lowest BCUT2D eigenvalue weighted by Crippen LogP contribution is -2.52. The van der Waals surface area contributed by atoms with Crippen molar-refractivity contribution in [1.29, 1.82) is 0 Å². The highest BCUT2D eigenvalue weighted by molar-refractivity contribution is 6.08. The molecule has 27 heavy (non-hydrogen) atoms. The maximum absolute atomic E-state index is 12.7. The number of urea groups is 1. The molecule has 3 rings (SSSR count). The quantitative estimate of drug-likeness (QED) is 0.668. The molecule has 0 aromatic heterocycles. The van der Waals surface area contributed by atoms with E-state index >= 15 is 0 Å². The fraction of sp³-hybridized carbons (Fsp3) is 0.550. The zero-order valence-electron chi connectivity index (χ0n) is 16.0. The van der Waals surface area contributed by atoms with Crippen LogP contribution in [-0.2, 0) is 9.59 Å². The van der Waals surface area contributed by atoms with Gasteiger partial charge in [-0.15, -0.1) is 0 Å². The Bertz CT molecular complexity index is 698. The Morgan fingerprint density at radius 2 is 1.81 bits per heavy atom. The van der Waals surface area contributed by atoms with Gasteiger partial charge in [0.15, 0.2) is 0 Å². The standard InChI is InChI=1S/C20H28N4O3/c1-14(2)17(15-9-5-3-6-10-15)21-13-16(25)23-24-18(26)20(22-19(24)27)11-7-4-8-12-20/h3,5-6,9-10,14,17,21H,4,7-8,11-13H2,1-2H3,(H,22,27)(H,23,25)/t17-/m1/s1. The fourth-order valence-corrected chi connectivity index (χ4v) is 3.98. The van der Waals surface area contributed by atoms with Gasteiger partial charge in [0.05, 0.1) is 6.54 Å². The molecule has 1 saturated heterocycles. The molecule has 7 heteroatoms. The highest BCUT2D eigenvalue weighted by Gasteiger charge is 2.52. The number of hydrazine groups is 1. The van der Waals surface area contributed by atoms with Crippen molar-refractivity contribution in [3.05, 3.63) is 35.9 Å². The highest BCUT2D eigenvalue weighted by Crippen LogP contribution is 2.33. The van der Waals surface area contributed by atoms with Crippen LogP contribution in [0.1, 0.15) is 57.6 Å². The molecule has 1 aliphatic carbocycles. The molecule has 1 heterocycles. The molecule has 0 unspecified atom stereocenters. The zero-order valence-corrected chi connectivity index (χ0v) is 16.0. The minimum Gasteiger partial charge on any atom is -0.322 e. The minimum absolute atomic E-state index is 0.00439. The average molecular weight is 372 g/mol. The summed E-state index contributed by atoms with van der Waals surface area (Å²) >= 11 is 0. The van der Waals surface area contributed by atoms with Crippen LogP contribution in [0.25, 0.3) is 0 Å². The van der Waals surface area contributed by atoms with Gasteiger partial charge in [-0.1, -0.05) is 63.4 Å². The van der Waals surface area contributed by atoms with E-state index in [2.05, 4.69) is 29.9 Å². The lowest BCUT2D eigenvalue weighted by molar-refractivity contribution is -0.139. The van der Waals surface area contributed by atoms with Gasteiger partial charge in [0.2, 0.25) is 0 Å². The summed E-state index contributed by atoms with van der Waals surface area (Å²) in [5.74, 6) is -0.473. The van der Waals surface area contributed by atoms with Gasteiger partial charge in [-0.3, -0.25) is 15.0 Å². The Labute approximate surface area is 159 Å². The second kappa shape index (κ2) is 8.08. The number of hydrogen-bond donors (Lipinski definition) is 3. The summed E-state index contributed by atoms with van der Waals surface area (Å²) in [6, 6.07) is 9.36. The second-order valence-corrected chi connectivity index (χ2v) is 7.76. The van der Waals surface area contributed by atoms with E-state index in [0.717, 1.165) is 29.8 Å². The number of imide groups is 1. The maximum atomic E-state index is 12.7. The van der Waals surface area contributed by atoms with Gasteiger partial charge in [-0.05, 0) is 24.3 Å². The Kier molecular flexibility index (Phi) is 5.79. The van der Waals surface area contributed by atoms with Gasteiger partial charge in [-0.25, -0.2) is 4.79 Å². The van der Waals surface area contributed by atoms with Crippen LogP contribution >= 0.6 is 0 Å². The fourth-order valence-electron chi connectivity index (χ4n) is 3.98. The van der Waals surface area contributed by atoms with Crippen LogP contribution in [0.5, 0.6) is 0 Å². The van der Waals surface area contributed by atoms with Gasteiger partial charge in [-0.2, -0.15) is 5.01 Å². The monoisotopic (exact) mass is 372 g/mol. The maximum Gasteiger partial charge on any atom is 0.344 e. The lowest BCUT2D eigenvalue weighted by Gasteiger charge is -2.30. The summed E-state index contributed by atoms with van der Waals surface area (Å²) in [4.78, 5) is 37.3. The average Bonchev–Trinajstić information content (AvgIpc) is 2.87. The summed E-state index contributed by atoms with van der Waals surface area (Å²) in [7, 11) is 0. The van der Waals surface area contributed by atoms with E-state index in [1.165, 1.54) is 0 Å². The number of nitrogens with zero attached hydrogens (tertiary/aromatic N) is 1. The molecule has 2 aliphatic rings. The second-order valence-electron chi connectivity index (χ2n) is 7.76. The number of nitrogens with one attached hydrogen (secondary N) is 3. The van der Waals surface area contributed by atoms with Crippen molar-refractivity contribution < 1.29 is 14.4 Å². The van der Waals surface area contributed by atoms with Crippen molar-refractivity contribution in [1.82, 2.24) is 21.1 Å². The third kappa shape index (κ3) is 4.13. The topological polar surface area (TPSA) is 90.5 Å². The molecule has 1 aromatic carbocycles. The van der Waals surface area contributed by atoms with Crippen molar-refractivity contribution in [3.63, 3.8) is 0 Å². The van der Waals surface area contributed by atoms with Crippen molar-refractivity contribution in [2.75, 3.05) is 6.54 Å². The Balaban J connectivity index is 1.59. The van der Waals surface area contributed by atoms with Gasteiger partial charge in [0, 0.05) is 6.04 Å². The molecule has 4 amide bonds. The number of rotatable bonds is 6. The molecular formula is C20H28N4O3. The molecule has 1 aromatic rings. The van der Waals surface area contributed by atoms with Crippen LogP contribution in [0.3, 0.4) is 0 Å². The van der Waals surface area contributed by atoms with Crippen LogP contribution in [-0.4, -0.2) is 34.9 Å². The van der Waals surface area contributed by atoms with E-state index in [0.29, 0.717) is 12.8 Å². The van der Waals surface area contributed by atoms with Crippen LogP contribution < -0.4 is 16.1 Å². The molecule has 1 spiro atoms. The molecule has 1 atom stereocenters. The molecule has 0 radical (unpaired) electrons. The Hall–Kier alpha value is -2.41. The van der Waals surface area contributed by atoms with Crippen molar-refractivity contribution in [2.24, 2.45) is 5.92 Å². The number of carbonyl (C=O) groups excluding carboxylic acids is 3. The van der Waals surface area contributed by atoms with Gasteiger partial charge in [0.25, 0.3) is 11.8 Å². The molecule has 3 N–H and O–H groups in total. The first-order chi connectivity index (χ1) is 12.9. The Morgan fingerprint density at radius 1 is 1.15 bits per heavy atom. The third-order valence-electron chi connectivity index (χ3n) is 5.41. The van der Waals surface area contributed by atoms with Crippen LogP contribution in [0.15, 0.2) is 30.3 Å². The first-order valence-electron chi connectivity index (χ1n) is 9.67. The van der Waals surface area contributed by atoms with Gasteiger partial charge >= 0.3 is 6.03 Å². The van der Waals surface area contributed by atoms with Gasteiger partial charge < -0.3 is 10.6 Å². The van der Waals surface area contributed by atoms with Crippen LogP contribution in [0, 0.1) is 5.92 Å². The van der Waals surface area contributed by atoms with E-state index < -0.39 is 17.5 Å². The van der Waals surface area contributed by atoms with E-state index in [1.807, 2.05) is 30.3 Å². The summed E-state index contributed by atoms with van der Waals surface area (Å²) in [5, 5.41) is 6.86. The molecule has 2 fully saturated rings. The SMILES string of the molecule is CC(C)[C@@H](NCC(=O)NN1C(=O)NC2(CCCCC2)C1=O)c1ccccc1. The number of hydrogen-bond acceptors (Lipinski definition) is 4. The lowest BCUT2D eigenvalue weighted by atomic mass is 9.82. The molecular weight excluding hydrogens is 344 g/mol. The molecule has 7 nitrogen and oxygen atoms in total. The van der Waals surface area contributed by atoms with E-state index in [1.54, 1.807) is 0 Å². The highest BCUT2D eigenvalue weighted by atomic mass is 16.2. The van der Waals surface area contributed by atoms with Crippen molar-refractivity contribution in [2.45, 2.75) is 57.5 Å². The number of carbonyl (C=O) groups is 3. The summed E-state index contributed by atoms with van der Waals surface area (Å²) in [6.07, 6.45) is 4.14.